The summed E-state index contributed by atoms with van der Waals surface area (Å²) in [6, 6.07) is 7.05. The van der Waals surface area contributed by atoms with Crippen LogP contribution >= 0.6 is 11.3 Å². The minimum atomic E-state index is -0.609. The van der Waals surface area contributed by atoms with Gasteiger partial charge in [-0.1, -0.05) is 12.1 Å². The highest BCUT2D eigenvalue weighted by molar-refractivity contribution is 7.17. The second-order valence-electron chi connectivity index (χ2n) is 6.94. The Bertz CT molecular complexity index is 1160. The number of rotatable bonds is 5. The van der Waals surface area contributed by atoms with Crippen LogP contribution in [0.15, 0.2) is 28.7 Å². The van der Waals surface area contributed by atoms with E-state index in [1.807, 2.05) is 19.1 Å². The molecule has 4 rings (SSSR count). The summed E-state index contributed by atoms with van der Waals surface area (Å²) in [5, 5.41) is 3.87. The van der Waals surface area contributed by atoms with Gasteiger partial charge in [0.1, 0.15) is 5.00 Å². The SMILES string of the molecule is CCOc1cccc2cc(C(=O)Nc3sc4c(c3C(N)=O)CCN(C(C)=O)C4)oc12. The number of nitrogens with zero attached hydrogens (tertiary/aromatic N) is 1. The number of amides is 3. The number of nitrogens with two attached hydrogens (primary N) is 1. The molecule has 2 aromatic heterocycles. The number of primary amides is 1. The number of anilines is 1. The van der Waals surface area contributed by atoms with Gasteiger partial charge in [-0.2, -0.15) is 0 Å². The molecule has 0 aliphatic carbocycles. The van der Waals surface area contributed by atoms with Crippen LogP contribution in [-0.2, 0) is 17.8 Å². The van der Waals surface area contributed by atoms with Crippen LogP contribution in [0.5, 0.6) is 5.75 Å². The summed E-state index contributed by atoms with van der Waals surface area (Å²) in [6.45, 7) is 4.76. The standard InChI is InChI=1S/C21H21N3O5S/c1-3-28-14-6-4-5-12-9-15(29-18(12)14)20(27)23-21-17(19(22)26)13-7-8-24(11(2)25)10-16(13)30-21/h4-6,9H,3,7-8,10H2,1-2H3,(H2,22,26)(H,23,27). The Kier molecular flexibility index (Phi) is 5.21. The molecular formula is C21H21N3O5S. The lowest BCUT2D eigenvalue weighted by Crippen LogP contribution is -2.34. The molecule has 3 heterocycles. The highest BCUT2D eigenvalue weighted by Gasteiger charge is 2.29. The molecule has 30 heavy (non-hydrogen) atoms. The van der Waals surface area contributed by atoms with Crippen molar-refractivity contribution in [1.29, 1.82) is 0 Å². The second kappa shape index (κ2) is 7.83. The average Bonchev–Trinajstić information content (AvgIpc) is 3.29. The molecule has 3 amide bonds. The monoisotopic (exact) mass is 427 g/mol. The normalized spacial score (nSPS) is 13.2. The third-order valence-electron chi connectivity index (χ3n) is 5.01. The smallest absolute Gasteiger partial charge is 0.292 e. The van der Waals surface area contributed by atoms with Crippen LogP contribution in [0.2, 0.25) is 0 Å². The molecule has 0 spiro atoms. The van der Waals surface area contributed by atoms with Gasteiger partial charge in [0.05, 0.1) is 18.7 Å². The van der Waals surface area contributed by atoms with E-state index < -0.39 is 11.8 Å². The van der Waals surface area contributed by atoms with Crippen LogP contribution in [-0.4, -0.2) is 35.8 Å². The molecule has 9 heteroatoms. The first-order valence-electron chi connectivity index (χ1n) is 9.55. The Balaban J connectivity index is 1.65. The van der Waals surface area contributed by atoms with Crippen molar-refractivity contribution in [1.82, 2.24) is 4.90 Å². The third-order valence-corrected chi connectivity index (χ3v) is 6.14. The van der Waals surface area contributed by atoms with Crippen molar-refractivity contribution in [3.63, 3.8) is 0 Å². The maximum atomic E-state index is 12.9. The van der Waals surface area contributed by atoms with Crippen molar-refractivity contribution >= 4 is 45.0 Å². The molecule has 8 nitrogen and oxygen atoms in total. The zero-order chi connectivity index (χ0) is 21.4. The third kappa shape index (κ3) is 3.52. The van der Waals surface area contributed by atoms with Crippen molar-refractivity contribution in [2.45, 2.75) is 26.8 Å². The molecule has 1 aromatic carbocycles. The van der Waals surface area contributed by atoms with Gasteiger partial charge in [0.25, 0.3) is 11.8 Å². The first-order valence-corrected chi connectivity index (χ1v) is 10.4. The van der Waals surface area contributed by atoms with E-state index >= 15 is 0 Å². The predicted octanol–water partition coefficient (Wildman–Crippen LogP) is 3.15. The van der Waals surface area contributed by atoms with Gasteiger partial charge in [0.15, 0.2) is 17.1 Å². The first kappa shape index (κ1) is 20.0. The minimum Gasteiger partial charge on any atom is -0.490 e. The van der Waals surface area contributed by atoms with Gasteiger partial charge in [0.2, 0.25) is 5.91 Å². The van der Waals surface area contributed by atoms with Crippen LogP contribution in [0, 0.1) is 0 Å². The lowest BCUT2D eigenvalue weighted by atomic mass is 10.0. The Hall–Kier alpha value is -3.33. The van der Waals surface area contributed by atoms with Gasteiger partial charge in [0, 0.05) is 23.7 Å². The van der Waals surface area contributed by atoms with Crippen LogP contribution in [0.1, 0.15) is 45.2 Å². The highest BCUT2D eigenvalue weighted by Crippen LogP contribution is 2.37. The number of benzene rings is 1. The van der Waals surface area contributed by atoms with E-state index in [9.17, 15) is 14.4 Å². The highest BCUT2D eigenvalue weighted by atomic mass is 32.1. The molecule has 0 saturated heterocycles. The summed E-state index contributed by atoms with van der Waals surface area (Å²) in [4.78, 5) is 39.2. The number of ether oxygens (including phenoxy) is 1. The number of furan rings is 1. The van der Waals surface area contributed by atoms with Crippen LogP contribution in [0.3, 0.4) is 0 Å². The molecule has 0 saturated carbocycles. The number of fused-ring (bicyclic) bond motifs is 2. The van der Waals surface area contributed by atoms with E-state index in [0.29, 0.717) is 48.0 Å². The number of carbonyl (C=O) groups is 3. The zero-order valence-corrected chi connectivity index (χ0v) is 17.4. The number of hydrogen-bond acceptors (Lipinski definition) is 6. The molecule has 156 valence electrons. The lowest BCUT2D eigenvalue weighted by molar-refractivity contribution is -0.129. The maximum absolute atomic E-state index is 12.9. The minimum absolute atomic E-state index is 0.0346. The molecule has 0 bridgehead atoms. The summed E-state index contributed by atoms with van der Waals surface area (Å²) < 4.78 is 11.3. The van der Waals surface area contributed by atoms with E-state index in [1.165, 1.54) is 18.3 Å². The fraction of sp³-hybridized carbons (Fsp3) is 0.286. The van der Waals surface area contributed by atoms with E-state index in [1.54, 1.807) is 17.0 Å². The van der Waals surface area contributed by atoms with Crippen molar-refractivity contribution < 1.29 is 23.5 Å². The van der Waals surface area contributed by atoms with Gasteiger partial charge in [-0.15, -0.1) is 11.3 Å². The molecule has 3 aromatic rings. The zero-order valence-electron chi connectivity index (χ0n) is 16.6. The maximum Gasteiger partial charge on any atom is 0.292 e. The van der Waals surface area contributed by atoms with Gasteiger partial charge in [-0.25, -0.2) is 0 Å². The fourth-order valence-electron chi connectivity index (χ4n) is 3.60. The molecular weight excluding hydrogens is 406 g/mol. The van der Waals surface area contributed by atoms with Gasteiger partial charge >= 0.3 is 0 Å². The van der Waals surface area contributed by atoms with E-state index in [0.717, 1.165) is 15.8 Å². The fourth-order valence-corrected chi connectivity index (χ4v) is 4.87. The van der Waals surface area contributed by atoms with Crippen LogP contribution < -0.4 is 15.8 Å². The number of thiophene rings is 1. The quantitative estimate of drug-likeness (QED) is 0.649. The Morgan fingerprint density at radius 1 is 1.33 bits per heavy atom. The average molecular weight is 427 g/mol. The van der Waals surface area contributed by atoms with Crippen molar-refractivity contribution in [2.75, 3.05) is 18.5 Å². The number of nitrogens with one attached hydrogen (secondary N) is 1. The topological polar surface area (TPSA) is 115 Å². The number of para-hydroxylation sites is 1. The molecule has 1 aliphatic rings. The van der Waals surface area contributed by atoms with Crippen LogP contribution in [0.25, 0.3) is 11.0 Å². The van der Waals surface area contributed by atoms with Gasteiger partial charge in [-0.3, -0.25) is 14.4 Å². The van der Waals surface area contributed by atoms with Gasteiger partial charge < -0.3 is 25.1 Å². The van der Waals surface area contributed by atoms with Crippen molar-refractivity contribution in [3.05, 3.63) is 46.0 Å². The number of carbonyl (C=O) groups excluding carboxylic acids is 3. The Labute approximate surface area is 176 Å². The number of hydrogen-bond donors (Lipinski definition) is 2. The first-order chi connectivity index (χ1) is 14.4. The van der Waals surface area contributed by atoms with Crippen molar-refractivity contribution in [2.24, 2.45) is 5.73 Å². The second-order valence-corrected chi connectivity index (χ2v) is 8.04. The summed E-state index contributed by atoms with van der Waals surface area (Å²) >= 11 is 1.26. The van der Waals surface area contributed by atoms with E-state index in [-0.39, 0.29) is 11.7 Å². The summed E-state index contributed by atoms with van der Waals surface area (Å²) in [5.74, 6) is -0.472. The molecule has 0 unspecified atom stereocenters. The molecule has 0 radical (unpaired) electrons. The molecule has 3 N–H and O–H groups in total. The largest absolute Gasteiger partial charge is 0.490 e. The Morgan fingerprint density at radius 3 is 2.83 bits per heavy atom. The van der Waals surface area contributed by atoms with Crippen molar-refractivity contribution in [3.8, 4) is 5.75 Å². The van der Waals surface area contributed by atoms with E-state index in [2.05, 4.69) is 5.32 Å². The predicted molar refractivity (Wildman–Crippen MR) is 113 cm³/mol. The molecule has 0 fully saturated rings. The summed E-state index contributed by atoms with van der Waals surface area (Å²) in [7, 11) is 0. The molecule has 1 aliphatic heterocycles. The summed E-state index contributed by atoms with van der Waals surface area (Å²) in [6.07, 6.45) is 0.516. The van der Waals surface area contributed by atoms with Crippen LogP contribution in [0.4, 0.5) is 5.00 Å². The Morgan fingerprint density at radius 2 is 2.13 bits per heavy atom. The van der Waals surface area contributed by atoms with E-state index in [4.69, 9.17) is 14.9 Å². The van der Waals surface area contributed by atoms with Gasteiger partial charge in [-0.05, 0) is 31.0 Å². The summed E-state index contributed by atoms with van der Waals surface area (Å²) in [5.41, 5.74) is 7.19. The molecule has 0 atom stereocenters. The lowest BCUT2D eigenvalue weighted by Gasteiger charge is -2.25.